The highest BCUT2D eigenvalue weighted by molar-refractivity contribution is 7.00. The zero-order valence-electron chi connectivity index (χ0n) is 36.1. The second-order valence-electron chi connectivity index (χ2n) is 19.3. The smallest absolute Gasteiger partial charge is 0.422 e. The monoisotopic (exact) mass is 904 g/mol. The highest BCUT2D eigenvalue weighted by atomic mass is 28.6. The second kappa shape index (κ2) is 18.4. The van der Waals surface area contributed by atoms with Crippen molar-refractivity contribution in [3.8, 4) is 0 Å². The lowest BCUT2D eigenvalue weighted by Crippen LogP contribution is -2.84. The Labute approximate surface area is 335 Å². The zero-order chi connectivity index (χ0) is 39.7. The average molecular weight is 906 g/mol. The molecule has 12 nitrogen and oxygen atoms in total. The van der Waals surface area contributed by atoms with Crippen molar-refractivity contribution in [2.45, 2.75) is 159 Å². The van der Waals surface area contributed by atoms with Crippen molar-refractivity contribution in [3.05, 3.63) is 0 Å². The Morgan fingerprint density at radius 3 is 0.906 bits per heavy atom. The van der Waals surface area contributed by atoms with Crippen LogP contribution in [0.5, 0.6) is 0 Å². The van der Waals surface area contributed by atoms with Crippen molar-refractivity contribution in [1.29, 1.82) is 0 Å². The summed E-state index contributed by atoms with van der Waals surface area (Å²) in [5.74, 6) is 1.67. The largest absolute Gasteiger partial charge is 0.479 e. The maximum Gasteiger partial charge on any atom is 0.479 e. The summed E-state index contributed by atoms with van der Waals surface area (Å²) in [5.41, 5.74) is 0. The molecule has 4 heterocycles. The van der Waals surface area contributed by atoms with Crippen molar-refractivity contribution in [2.75, 3.05) is 0 Å². The number of rotatable bonds is 18. The van der Waals surface area contributed by atoms with Crippen molar-refractivity contribution in [3.63, 3.8) is 0 Å². The van der Waals surface area contributed by atoms with E-state index in [4.69, 9.17) is 49.4 Å². The summed E-state index contributed by atoms with van der Waals surface area (Å²) in [5, 5.41) is 0. The van der Waals surface area contributed by atoms with Crippen LogP contribution in [0.25, 0.3) is 0 Å². The molecule has 0 N–H and O–H groups in total. The Kier molecular flexibility index (Phi) is 16.4. The molecule has 4 rings (SSSR count). The van der Waals surface area contributed by atoms with E-state index in [0.717, 1.165) is 6.04 Å². The van der Waals surface area contributed by atoms with Crippen LogP contribution in [0.2, 0.25) is 48.4 Å². The molecule has 4 atom stereocenters. The fourth-order valence-corrected chi connectivity index (χ4v) is 56.3. The first kappa shape index (κ1) is 47.2. The predicted octanol–water partition coefficient (Wildman–Crippen LogP) is 7.56. The van der Waals surface area contributed by atoms with E-state index < -0.39 is 81.4 Å². The predicted molar refractivity (Wildman–Crippen MR) is 228 cm³/mol. The molecule has 6 bridgehead atoms. The Morgan fingerprint density at radius 1 is 0.358 bits per heavy atom. The Bertz CT molecular complexity index is 1130. The zero-order valence-corrected chi connectivity index (χ0v) is 45.9. The maximum absolute atomic E-state index is 7.81. The van der Waals surface area contributed by atoms with Crippen LogP contribution in [0.3, 0.4) is 0 Å². The molecule has 4 aliphatic rings. The summed E-state index contributed by atoms with van der Waals surface area (Å²) in [6, 6.07) is 4.76. The SMILES string of the molecule is CC(C)C[SiH2]O[Si]1(CC(C)C)O[Si]2(CC(C)C)O[Si]3(CC(C)C)O[SiH2]O[Si]4(CC(C)C)O[Si](CC(C)C)(O1)O[Si](CC(C)C)(O2)O[Si](CC(C)C)(O3)O4. The molecule has 4 saturated heterocycles. The molecule has 312 valence electrons. The minimum atomic E-state index is -3.87. The average Bonchev–Trinajstić information content (AvgIpc) is 2.86. The van der Waals surface area contributed by atoms with Gasteiger partial charge in [-0.3, -0.25) is 0 Å². The van der Waals surface area contributed by atoms with Crippen molar-refractivity contribution in [1.82, 2.24) is 0 Å². The number of hydrogen-bond acceptors (Lipinski definition) is 12. The normalized spacial score (nSPS) is 38.7. The molecule has 0 aromatic heterocycles. The van der Waals surface area contributed by atoms with Crippen LogP contribution in [0.4, 0.5) is 0 Å². The highest BCUT2D eigenvalue weighted by Gasteiger charge is 2.78. The van der Waals surface area contributed by atoms with Crippen molar-refractivity contribution < 1.29 is 49.4 Å². The molecule has 0 saturated carbocycles. The molecule has 4 fully saturated rings. The first-order valence-corrected chi connectivity index (χ1v) is 36.9. The van der Waals surface area contributed by atoms with Gasteiger partial charge in [0.15, 0.2) is 9.76 Å². The van der Waals surface area contributed by atoms with Gasteiger partial charge in [-0.1, -0.05) is 111 Å². The molecule has 0 spiro atoms. The van der Waals surface area contributed by atoms with E-state index in [1.807, 2.05) is 0 Å². The van der Waals surface area contributed by atoms with Gasteiger partial charge in [0, 0.05) is 42.3 Å². The molecule has 4 unspecified atom stereocenters. The van der Waals surface area contributed by atoms with Crippen LogP contribution in [-0.4, -0.2) is 81.4 Å². The topological polar surface area (TPSA) is 111 Å². The number of hydrogen-bond donors (Lipinski definition) is 0. The minimum Gasteiger partial charge on any atom is -0.422 e. The second-order valence-corrected chi connectivity index (χ2v) is 43.8. The molecule has 21 heteroatoms. The Hall–Kier alpha value is 1.47. The van der Waals surface area contributed by atoms with Crippen LogP contribution in [0.15, 0.2) is 0 Å². The van der Waals surface area contributed by atoms with E-state index in [1.165, 1.54) is 0 Å². The first-order chi connectivity index (χ1) is 24.4. The van der Waals surface area contributed by atoms with E-state index >= 15 is 0 Å². The van der Waals surface area contributed by atoms with Gasteiger partial charge in [-0.25, -0.2) is 0 Å². The number of fused-ring (bicyclic) bond motifs is 4. The Balaban J connectivity index is 2.18. The van der Waals surface area contributed by atoms with Gasteiger partial charge in [0.05, 0.1) is 0 Å². The van der Waals surface area contributed by atoms with E-state index in [1.54, 1.807) is 0 Å². The summed E-state index contributed by atoms with van der Waals surface area (Å²) in [4.78, 5) is 0. The molecule has 0 amide bonds. The molecule has 0 aliphatic carbocycles. The third kappa shape index (κ3) is 12.7. The van der Waals surface area contributed by atoms with Gasteiger partial charge in [0.25, 0.3) is 10.0 Å². The van der Waals surface area contributed by atoms with Gasteiger partial charge < -0.3 is 49.4 Å². The fourth-order valence-electron chi connectivity index (χ4n) is 7.71. The van der Waals surface area contributed by atoms with Gasteiger partial charge in [0.2, 0.25) is 0 Å². The van der Waals surface area contributed by atoms with Gasteiger partial charge >= 0.3 is 61.6 Å². The third-order valence-electron chi connectivity index (χ3n) is 8.98. The highest BCUT2D eigenvalue weighted by Crippen LogP contribution is 2.51. The van der Waals surface area contributed by atoms with Crippen molar-refractivity contribution in [2.24, 2.45) is 47.3 Å². The van der Waals surface area contributed by atoms with Crippen LogP contribution in [0, 0.1) is 47.3 Å². The van der Waals surface area contributed by atoms with E-state index in [2.05, 4.69) is 111 Å². The van der Waals surface area contributed by atoms with E-state index in [-0.39, 0.29) is 41.4 Å². The lowest BCUT2D eigenvalue weighted by molar-refractivity contribution is -0.000345. The molecule has 0 aromatic carbocycles. The molecule has 4 aliphatic heterocycles. The Morgan fingerprint density at radius 2 is 0.623 bits per heavy atom. The molecule has 0 aromatic rings. The van der Waals surface area contributed by atoms with Gasteiger partial charge in [0.1, 0.15) is 0 Å². The quantitative estimate of drug-likeness (QED) is 0.127. The van der Waals surface area contributed by atoms with Crippen LogP contribution in [0.1, 0.15) is 111 Å². The van der Waals surface area contributed by atoms with E-state index in [0.29, 0.717) is 48.2 Å². The van der Waals surface area contributed by atoms with Gasteiger partial charge in [-0.05, 0) is 53.4 Å². The van der Waals surface area contributed by atoms with Crippen LogP contribution < -0.4 is 0 Å². The van der Waals surface area contributed by atoms with Gasteiger partial charge in [-0.15, -0.1) is 0 Å². The summed E-state index contributed by atoms with van der Waals surface area (Å²) < 4.78 is 91.2. The molecular formula is C32H76O12Si9. The standard InChI is InChI=1S/C32H76O12Si9/c1-25(2)17-45-33-47(18-26(3)4)36-50(21-29(9)10)38-48(19-27(5)6)34-46-35-49(20-28(7)8)39-51(37-47,22-30(11)12)43-53(42-50,24-32(15)16)44-52(40-48,41-49)23-31(13)14/h25-32H,17-24,45-46H2,1-16H3. The van der Waals surface area contributed by atoms with Gasteiger partial charge in [-0.2, -0.15) is 0 Å². The lowest BCUT2D eigenvalue weighted by Gasteiger charge is -2.60. The van der Waals surface area contributed by atoms with E-state index in [9.17, 15) is 0 Å². The summed E-state index contributed by atoms with van der Waals surface area (Å²) in [7, 11) is -29.3. The van der Waals surface area contributed by atoms with Crippen LogP contribution in [-0.2, 0) is 49.4 Å². The van der Waals surface area contributed by atoms with Crippen LogP contribution >= 0.6 is 0 Å². The fraction of sp³-hybridized carbons (Fsp3) is 1.00. The van der Waals surface area contributed by atoms with Crippen molar-refractivity contribution >= 4 is 81.4 Å². The molecule has 0 radical (unpaired) electrons. The summed E-state index contributed by atoms with van der Waals surface area (Å²) >= 11 is 0. The summed E-state index contributed by atoms with van der Waals surface area (Å²) in [6.07, 6.45) is 0. The molecular weight excluding hydrogens is 829 g/mol. The summed E-state index contributed by atoms with van der Waals surface area (Å²) in [6.45, 7) is 35.1. The minimum absolute atomic E-state index is 0.151. The lowest BCUT2D eigenvalue weighted by atomic mass is 10.3. The molecule has 53 heavy (non-hydrogen) atoms. The maximum atomic E-state index is 7.81. The first-order valence-electron chi connectivity index (χ1n) is 20.6. The third-order valence-corrected chi connectivity index (χ3v) is 49.0.